The molecule has 0 amide bonds. The molecule has 1 fully saturated rings. The predicted molar refractivity (Wildman–Crippen MR) is 136 cm³/mol. The monoisotopic (exact) mass is 536 g/mol. The Labute approximate surface area is 219 Å². The first-order valence-electron chi connectivity index (χ1n) is 12.9. The van der Waals surface area contributed by atoms with E-state index < -0.39 is 35.7 Å². The van der Waals surface area contributed by atoms with Gasteiger partial charge in [-0.2, -0.15) is 0 Å². The number of aliphatic hydroxyl groups is 1. The van der Waals surface area contributed by atoms with E-state index in [4.69, 9.17) is 4.74 Å². The van der Waals surface area contributed by atoms with Crippen molar-refractivity contribution in [2.45, 2.75) is 51.4 Å². The second-order valence-electron chi connectivity index (χ2n) is 10.2. The van der Waals surface area contributed by atoms with Crippen LogP contribution in [0.5, 0.6) is 5.75 Å². The molecule has 2 aromatic carbocycles. The Hall–Kier alpha value is -2.78. The minimum atomic E-state index is -1.43. The summed E-state index contributed by atoms with van der Waals surface area (Å²) < 4.78 is 75.5. The van der Waals surface area contributed by atoms with Gasteiger partial charge in [0.2, 0.25) is 0 Å². The zero-order valence-corrected chi connectivity index (χ0v) is 21.5. The fourth-order valence-corrected chi connectivity index (χ4v) is 5.44. The molecule has 1 aliphatic rings. The highest BCUT2D eigenvalue weighted by Crippen LogP contribution is 2.41. The second-order valence-corrected chi connectivity index (χ2v) is 10.2. The lowest BCUT2D eigenvalue weighted by Gasteiger charge is -2.41. The molecule has 4 rings (SSSR count). The van der Waals surface area contributed by atoms with E-state index in [0.29, 0.717) is 68.0 Å². The highest BCUT2D eigenvalue weighted by Gasteiger charge is 2.35. The second kappa shape index (κ2) is 12.4. The Morgan fingerprint density at radius 1 is 1.11 bits per heavy atom. The smallest absolute Gasteiger partial charge is 0.162 e. The fourth-order valence-electron chi connectivity index (χ4n) is 5.44. The lowest BCUT2D eigenvalue weighted by Crippen LogP contribution is -2.42. The summed E-state index contributed by atoms with van der Waals surface area (Å²) in [6.45, 7) is 1.05. The summed E-state index contributed by atoms with van der Waals surface area (Å²) in [5, 5.41) is 10.7. The maximum absolute atomic E-state index is 15.7. The number of aliphatic hydroxyl groups excluding tert-OH is 1. The molecule has 0 bridgehead atoms. The number of likely N-dealkylation sites (tertiary alicyclic amines) is 1. The number of methoxy groups -OCH3 is 1. The summed E-state index contributed by atoms with van der Waals surface area (Å²) in [7, 11) is 1.51. The van der Waals surface area contributed by atoms with Gasteiger partial charge in [-0.1, -0.05) is 0 Å². The molecule has 0 aliphatic carbocycles. The van der Waals surface area contributed by atoms with Crippen molar-refractivity contribution in [2.75, 3.05) is 33.4 Å². The van der Waals surface area contributed by atoms with Crippen LogP contribution >= 0.6 is 0 Å². The van der Waals surface area contributed by atoms with Gasteiger partial charge in [-0.05, 0) is 93.4 Å². The molecule has 38 heavy (non-hydrogen) atoms. The summed E-state index contributed by atoms with van der Waals surface area (Å²) in [6, 6.07) is 6.68. The van der Waals surface area contributed by atoms with Crippen LogP contribution < -0.4 is 4.74 Å². The Balaban J connectivity index is 1.35. The average molecular weight is 537 g/mol. The predicted octanol–water partition coefficient (Wildman–Crippen LogP) is 6.63. The standard InChI is InChI=1S/C29H33F5N2O2/c1-38-22-4-5-26-23(15-22)27(20(16-30)17-35-26)24(32)6-7-29(18-37)8-11-36(12-9-29)10-2-3-19-13-21(31)14-25(33)28(19)34/h4-5,13-15,17,24,37H,2-3,6-12,16,18H2,1H3/t24-/m0/s1. The number of benzene rings is 2. The number of piperidine rings is 1. The molecule has 3 aromatic rings. The van der Waals surface area contributed by atoms with Crippen molar-refractivity contribution in [3.8, 4) is 5.75 Å². The third kappa shape index (κ3) is 6.26. The molecule has 9 heteroatoms. The summed E-state index contributed by atoms with van der Waals surface area (Å²) in [5.41, 5.74) is 0.622. The molecule has 0 unspecified atom stereocenters. The number of hydrogen-bond donors (Lipinski definition) is 1. The summed E-state index contributed by atoms with van der Waals surface area (Å²) >= 11 is 0. The first kappa shape index (κ1) is 28.2. The normalized spacial score (nSPS) is 16.6. The number of ether oxygens (including phenoxy) is 1. The van der Waals surface area contributed by atoms with Gasteiger partial charge in [0.25, 0.3) is 0 Å². The molecule has 1 saturated heterocycles. The molecule has 0 saturated carbocycles. The Morgan fingerprint density at radius 3 is 2.55 bits per heavy atom. The van der Waals surface area contributed by atoms with Crippen LogP contribution in [0, 0.1) is 22.9 Å². The SMILES string of the molecule is COc1ccc2ncc(CF)c([C@@H](F)CCC3(CO)CCN(CCCc4cc(F)cc(F)c4F)CC3)c2c1. The van der Waals surface area contributed by atoms with Gasteiger partial charge in [0.1, 0.15) is 24.4 Å². The van der Waals surface area contributed by atoms with Gasteiger partial charge in [0.15, 0.2) is 11.6 Å². The number of aromatic nitrogens is 1. The third-order valence-corrected chi connectivity index (χ3v) is 7.83. The number of aryl methyl sites for hydroxylation is 1. The largest absolute Gasteiger partial charge is 0.497 e. The van der Waals surface area contributed by atoms with Crippen molar-refractivity contribution in [1.82, 2.24) is 9.88 Å². The molecule has 1 N–H and O–H groups in total. The first-order valence-corrected chi connectivity index (χ1v) is 12.9. The molecule has 1 aliphatic heterocycles. The number of halogens is 5. The van der Waals surface area contributed by atoms with Crippen molar-refractivity contribution in [2.24, 2.45) is 5.41 Å². The number of pyridine rings is 1. The van der Waals surface area contributed by atoms with Crippen molar-refractivity contribution in [3.63, 3.8) is 0 Å². The van der Waals surface area contributed by atoms with Crippen LogP contribution in [-0.4, -0.2) is 48.3 Å². The first-order chi connectivity index (χ1) is 18.3. The van der Waals surface area contributed by atoms with Crippen LogP contribution in [0.2, 0.25) is 0 Å². The van der Waals surface area contributed by atoms with Crippen LogP contribution in [-0.2, 0) is 13.1 Å². The molecule has 0 spiro atoms. The molecule has 4 nitrogen and oxygen atoms in total. The molecule has 2 heterocycles. The van der Waals surface area contributed by atoms with Crippen LogP contribution in [0.3, 0.4) is 0 Å². The topological polar surface area (TPSA) is 45.6 Å². The van der Waals surface area contributed by atoms with Crippen LogP contribution in [0.4, 0.5) is 22.0 Å². The van der Waals surface area contributed by atoms with E-state index in [1.807, 2.05) is 0 Å². The highest BCUT2D eigenvalue weighted by atomic mass is 19.2. The summed E-state index contributed by atoms with van der Waals surface area (Å²) in [4.78, 5) is 6.41. The van der Waals surface area contributed by atoms with Crippen molar-refractivity contribution < 1.29 is 31.8 Å². The lowest BCUT2D eigenvalue weighted by molar-refractivity contribution is 0.0299. The van der Waals surface area contributed by atoms with Gasteiger partial charge in [-0.3, -0.25) is 4.98 Å². The molecule has 0 radical (unpaired) electrons. The fraction of sp³-hybridized carbons (Fsp3) is 0.483. The summed E-state index contributed by atoms with van der Waals surface area (Å²) in [6.07, 6.45) is 2.57. The van der Waals surface area contributed by atoms with E-state index in [1.165, 1.54) is 13.3 Å². The number of fused-ring (bicyclic) bond motifs is 1. The minimum Gasteiger partial charge on any atom is -0.497 e. The molecule has 1 atom stereocenters. The molecule has 1 aromatic heterocycles. The van der Waals surface area contributed by atoms with E-state index in [2.05, 4.69) is 9.88 Å². The number of hydrogen-bond acceptors (Lipinski definition) is 4. The minimum absolute atomic E-state index is 0.0205. The van der Waals surface area contributed by atoms with Crippen LogP contribution in [0.25, 0.3) is 10.9 Å². The summed E-state index contributed by atoms with van der Waals surface area (Å²) in [5.74, 6) is -2.46. The Kier molecular flexibility index (Phi) is 9.20. The van der Waals surface area contributed by atoms with Gasteiger partial charge >= 0.3 is 0 Å². The van der Waals surface area contributed by atoms with Crippen molar-refractivity contribution >= 4 is 10.9 Å². The van der Waals surface area contributed by atoms with Gasteiger partial charge in [-0.15, -0.1) is 0 Å². The van der Waals surface area contributed by atoms with E-state index >= 15 is 4.39 Å². The van der Waals surface area contributed by atoms with Crippen LogP contribution in [0.15, 0.2) is 36.5 Å². The van der Waals surface area contributed by atoms with Gasteiger partial charge < -0.3 is 14.7 Å². The maximum Gasteiger partial charge on any atom is 0.162 e. The Morgan fingerprint density at radius 2 is 1.87 bits per heavy atom. The van der Waals surface area contributed by atoms with Gasteiger partial charge in [-0.25, -0.2) is 22.0 Å². The van der Waals surface area contributed by atoms with E-state index in [0.717, 1.165) is 6.07 Å². The molecular formula is C29H33F5N2O2. The van der Waals surface area contributed by atoms with E-state index in [-0.39, 0.29) is 36.1 Å². The van der Waals surface area contributed by atoms with Crippen LogP contribution in [0.1, 0.15) is 55.0 Å². The average Bonchev–Trinajstić information content (AvgIpc) is 2.94. The third-order valence-electron chi connectivity index (χ3n) is 7.83. The number of nitrogens with zero attached hydrogens (tertiary/aromatic N) is 2. The van der Waals surface area contributed by atoms with Gasteiger partial charge in [0.05, 0.1) is 12.6 Å². The maximum atomic E-state index is 15.7. The zero-order chi connectivity index (χ0) is 27.3. The molecular weight excluding hydrogens is 503 g/mol. The highest BCUT2D eigenvalue weighted by molar-refractivity contribution is 5.85. The Bertz CT molecular complexity index is 1240. The molecule has 206 valence electrons. The zero-order valence-electron chi connectivity index (χ0n) is 21.5. The number of alkyl halides is 2. The number of rotatable bonds is 11. The lowest BCUT2D eigenvalue weighted by atomic mass is 9.74. The van der Waals surface area contributed by atoms with E-state index in [1.54, 1.807) is 18.2 Å². The van der Waals surface area contributed by atoms with Crippen molar-refractivity contribution in [1.29, 1.82) is 0 Å². The van der Waals surface area contributed by atoms with E-state index in [9.17, 15) is 22.7 Å². The van der Waals surface area contributed by atoms with Gasteiger partial charge in [0, 0.05) is 35.4 Å². The van der Waals surface area contributed by atoms with Crippen molar-refractivity contribution in [3.05, 3.63) is 70.7 Å². The quantitative estimate of drug-likeness (QED) is 0.221.